The van der Waals surface area contributed by atoms with E-state index in [-0.39, 0.29) is 23.8 Å². The first-order chi connectivity index (χ1) is 17.0. The van der Waals surface area contributed by atoms with Crippen molar-refractivity contribution < 1.29 is 14.3 Å². The Balaban J connectivity index is 1.29. The van der Waals surface area contributed by atoms with Crippen molar-refractivity contribution in [2.75, 3.05) is 44.2 Å². The van der Waals surface area contributed by atoms with E-state index in [1.54, 1.807) is 19.3 Å². The van der Waals surface area contributed by atoms with E-state index in [1.165, 1.54) is 0 Å². The van der Waals surface area contributed by atoms with Gasteiger partial charge in [0.25, 0.3) is 0 Å². The third-order valence-electron chi connectivity index (χ3n) is 7.00. The summed E-state index contributed by atoms with van der Waals surface area (Å²) < 4.78 is 6.06. The van der Waals surface area contributed by atoms with Crippen LogP contribution < -0.4 is 9.64 Å². The van der Waals surface area contributed by atoms with Crippen LogP contribution >= 0.6 is 11.6 Å². The second-order valence-corrected chi connectivity index (χ2v) is 9.89. The lowest BCUT2D eigenvalue weighted by molar-refractivity contribution is -0.133. The minimum Gasteiger partial charge on any atom is -0.489 e. The number of anilines is 1. The summed E-state index contributed by atoms with van der Waals surface area (Å²) in [5.41, 5.74) is 0.847. The Morgan fingerprint density at radius 2 is 1.86 bits per heavy atom. The SMILES string of the molecule is CC(=O)N1CCC(C(=O)N(CCCN2CCC(Oc3cccnc3)CC2)c2cccc(Cl)c2)CC1. The van der Waals surface area contributed by atoms with Gasteiger partial charge in [-0.15, -0.1) is 0 Å². The topological polar surface area (TPSA) is 66.0 Å². The summed E-state index contributed by atoms with van der Waals surface area (Å²) >= 11 is 6.25. The number of ether oxygens (including phenoxy) is 1. The smallest absolute Gasteiger partial charge is 0.230 e. The predicted octanol–water partition coefficient (Wildman–Crippen LogP) is 4.26. The molecule has 2 aliphatic heterocycles. The van der Waals surface area contributed by atoms with Gasteiger partial charge in [-0.25, -0.2) is 0 Å². The van der Waals surface area contributed by atoms with E-state index in [0.717, 1.165) is 50.3 Å². The van der Waals surface area contributed by atoms with Crippen LogP contribution in [0.3, 0.4) is 0 Å². The van der Waals surface area contributed by atoms with Crippen LogP contribution in [0.1, 0.15) is 39.0 Å². The molecule has 1 aromatic carbocycles. The van der Waals surface area contributed by atoms with Crippen molar-refractivity contribution in [3.05, 3.63) is 53.8 Å². The van der Waals surface area contributed by atoms with Gasteiger partial charge in [0.05, 0.1) is 6.20 Å². The number of halogens is 1. The highest BCUT2D eigenvalue weighted by Crippen LogP contribution is 2.26. The van der Waals surface area contributed by atoms with E-state index in [0.29, 0.717) is 37.5 Å². The molecule has 7 nitrogen and oxygen atoms in total. The lowest BCUT2D eigenvalue weighted by atomic mass is 9.94. The van der Waals surface area contributed by atoms with Crippen LogP contribution in [-0.4, -0.2) is 72.0 Å². The quantitative estimate of drug-likeness (QED) is 0.544. The van der Waals surface area contributed by atoms with Gasteiger partial charge >= 0.3 is 0 Å². The summed E-state index contributed by atoms with van der Waals surface area (Å²) in [6.07, 6.45) is 8.01. The highest BCUT2D eigenvalue weighted by molar-refractivity contribution is 6.30. The normalized spacial score (nSPS) is 17.8. The molecule has 1 aromatic heterocycles. The van der Waals surface area contributed by atoms with Gasteiger partial charge in [0.1, 0.15) is 11.9 Å². The van der Waals surface area contributed by atoms with Gasteiger partial charge in [-0.1, -0.05) is 17.7 Å². The highest BCUT2D eigenvalue weighted by Gasteiger charge is 2.30. The van der Waals surface area contributed by atoms with E-state index in [9.17, 15) is 9.59 Å². The Kier molecular flexibility index (Phi) is 8.99. The Morgan fingerprint density at radius 3 is 2.51 bits per heavy atom. The zero-order chi connectivity index (χ0) is 24.6. The average Bonchev–Trinajstić information content (AvgIpc) is 2.88. The lowest BCUT2D eigenvalue weighted by Gasteiger charge is -2.35. The van der Waals surface area contributed by atoms with Crippen molar-refractivity contribution in [2.24, 2.45) is 5.92 Å². The number of hydrogen-bond donors (Lipinski definition) is 0. The number of hydrogen-bond acceptors (Lipinski definition) is 5. The second-order valence-electron chi connectivity index (χ2n) is 9.45. The third-order valence-corrected chi connectivity index (χ3v) is 7.24. The minimum atomic E-state index is -0.0649. The molecule has 0 spiro atoms. The van der Waals surface area contributed by atoms with Crippen molar-refractivity contribution >= 4 is 29.1 Å². The van der Waals surface area contributed by atoms with Crippen molar-refractivity contribution in [2.45, 2.75) is 45.1 Å². The molecule has 0 bridgehead atoms. The van der Waals surface area contributed by atoms with Gasteiger partial charge in [-0.05, 0) is 69.0 Å². The van der Waals surface area contributed by atoms with Crippen molar-refractivity contribution in [3.8, 4) is 5.75 Å². The Bertz CT molecular complexity index is 973. The van der Waals surface area contributed by atoms with Crippen LogP contribution in [0, 0.1) is 5.92 Å². The number of pyridine rings is 1. The van der Waals surface area contributed by atoms with E-state index < -0.39 is 0 Å². The van der Waals surface area contributed by atoms with Gasteiger partial charge in [0.2, 0.25) is 11.8 Å². The van der Waals surface area contributed by atoms with Gasteiger partial charge in [0.15, 0.2) is 0 Å². The molecule has 2 amide bonds. The molecule has 2 aliphatic rings. The van der Waals surface area contributed by atoms with Crippen molar-refractivity contribution in [1.29, 1.82) is 0 Å². The van der Waals surface area contributed by atoms with E-state index in [1.807, 2.05) is 46.2 Å². The Hall–Kier alpha value is -2.64. The second kappa shape index (κ2) is 12.4. The van der Waals surface area contributed by atoms with Gasteiger partial charge in [-0.2, -0.15) is 0 Å². The first-order valence-corrected chi connectivity index (χ1v) is 13.0. The molecule has 8 heteroatoms. The predicted molar refractivity (Wildman–Crippen MR) is 138 cm³/mol. The molecule has 2 aromatic rings. The monoisotopic (exact) mass is 498 g/mol. The summed E-state index contributed by atoms with van der Waals surface area (Å²) in [5, 5.41) is 0.627. The molecule has 35 heavy (non-hydrogen) atoms. The summed E-state index contributed by atoms with van der Waals surface area (Å²) in [6.45, 7) is 6.44. The van der Waals surface area contributed by atoms with Crippen LogP contribution in [0.5, 0.6) is 5.75 Å². The fourth-order valence-corrected chi connectivity index (χ4v) is 5.17. The highest BCUT2D eigenvalue weighted by atomic mass is 35.5. The number of nitrogens with zero attached hydrogens (tertiary/aromatic N) is 4. The number of rotatable bonds is 8. The number of benzene rings is 1. The van der Waals surface area contributed by atoms with Crippen LogP contribution in [-0.2, 0) is 9.59 Å². The maximum atomic E-state index is 13.5. The zero-order valence-corrected chi connectivity index (χ0v) is 21.2. The summed E-state index contributed by atoms with van der Waals surface area (Å²) in [7, 11) is 0. The van der Waals surface area contributed by atoms with E-state index in [4.69, 9.17) is 16.3 Å². The standard InChI is InChI=1S/C27H35ClN4O3/c1-21(33)31-17-8-22(9-18-31)27(34)32(24-6-2-5-23(28)19-24)14-4-13-30-15-10-25(11-16-30)35-26-7-3-12-29-20-26/h2-3,5-7,12,19-20,22,25H,4,8-11,13-18H2,1H3. The maximum absolute atomic E-state index is 13.5. The molecule has 0 radical (unpaired) electrons. The molecule has 0 aliphatic carbocycles. The number of likely N-dealkylation sites (tertiary alicyclic amines) is 2. The fourth-order valence-electron chi connectivity index (χ4n) is 4.98. The fraction of sp³-hybridized carbons (Fsp3) is 0.519. The summed E-state index contributed by atoms with van der Waals surface area (Å²) in [6, 6.07) is 11.4. The zero-order valence-electron chi connectivity index (χ0n) is 20.4. The Labute approximate surface area is 213 Å². The number of amides is 2. The van der Waals surface area contributed by atoms with Crippen LogP contribution in [0.4, 0.5) is 5.69 Å². The number of carbonyl (C=O) groups excluding carboxylic acids is 2. The molecule has 2 saturated heterocycles. The van der Waals surface area contributed by atoms with Crippen LogP contribution in [0.25, 0.3) is 0 Å². The molecule has 2 fully saturated rings. The lowest BCUT2D eigenvalue weighted by Crippen LogP contribution is -2.45. The number of aromatic nitrogens is 1. The van der Waals surface area contributed by atoms with Gasteiger partial charge in [-0.3, -0.25) is 14.6 Å². The first-order valence-electron chi connectivity index (χ1n) is 12.6. The molecule has 3 heterocycles. The molecular weight excluding hydrogens is 464 g/mol. The van der Waals surface area contributed by atoms with Gasteiger partial charge in [0, 0.05) is 62.5 Å². The molecule has 0 atom stereocenters. The maximum Gasteiger partial charge on any atom is 0.230 e. The third kappa shape index (κ3) is 7.18. The average molecular weight is 499 g/mol. The molecule has 4 rings (SSSR count). The Morgan fingerprint density at radius 1 is 1.09 bits per heavy atom. The number of piperidine rings is 2. The summed E-state index contributed by atoms with van der Waals surface area (Å²) in [4.78, 5) is 35.5. The molecule has 0 saturated carbocycles. The minimum absolute atomic E-state index is 0.0649. The molecule has 188 valence electrons. The first kappa shape index (κ1) is 25.5. The van der Waals surface area contributed by atoms with E-state index in [2.05, 4.69) is 9.88 Å². The van der Waals surface area contributed by atoms with Crippen LogP contribution in [0.2, 0.25) is 5.02 Å². The largest absolute Gasteiger partial charge is 0.489 e. The molecule has 0 N–H and O–H groups in total. The van der Waals surface area contributed by atoms with Crippen LogP contribution in [0.15, 0.2) is 48.8 Å². The van der Waals surface area contributed by atoms with Gasteiger partial charge < -0.3 is 19.4 Å². The number of carbonyl (C=O) groups is 2. The molecular formula is C27H35ClN4O3. The van der Waals surface area contributed by atoms with Crippen molar-refractivity contribution in [1.82, 2.24) is 14.8 Å². The molecule has 0 unspecified atom stereocenters. The van der Waals surface area contributed by atoms with Crippen molar-refractivity contribution in [3.63, 3.8) is 0 Å². The summed E-state index contributed by atoms with van der Waals surface area (Å²) in [5.74, 6) is 0.983. The van der Waals surface area contributed by atoms with E-state index >= 15 is 0 Å².